The van der Waals surface area contributed by atoms with Crippen molar-refractivity contribution in [2.45, 2.75) is 13.0 Å². The molecule has 0 spiro atoms. The highest BCUT2D eigenvalue weighted by Gasteiger charge is 1.99. The number of hydrogen-bond donors (Lipinski definition) is 0. The molecule has 0 aromatic carbocycles. The highest BCUT2D eigenvalue weighted by molar-refractivity contribution is 5.65. The monoisotopic (exact) mass is 131 g/mol. The summed E-state index contributed by atoms with van der Waals surface area (Å²) >= 11 is 0. The van der Waals surface area contributed by atoms with Gasteiger partial charge in [-0.2, -0.15) is 0 Å². The second-order valence-electron chi connectivity index (χ2n) is 1.66. The molecule has 0 aromatic heterocycles. The van der Waals surface area contributed by atoms with Crippen molar-refractivity contribution in [1.82, 2.24) is 0 Å². The lowest BCUT2D eigenvalue weighted by molar-refractivity contribution is -0.143. The van der Waals surface area contributed by atoms with Crippen LogP contribution in [-0.4, -0.2) is 25.8 Å². The van der Waals surface area contributed by atoms with Crippen molar-refractivity contribution < 1.29 is 14.3 Å². The van der Waals surface area contributed by atoms with Crippen LogP contribution in [0, 0.1) is 6.92 Å². The molecule has 0 saturated heterocycles. The van der Waals surface area contributed by atoms with Gasteiger partial charge in [0.15, 0.2) is 0 Å². The Morgan fingerprint density at radius 3 is 2.67 bits per heavy atom. The fourth-order valence-corrected chi connectivity index (χ4v) is 0.278. The van der Waals surface area contributed by atoms with Crippen LogP contribution in [0.3, 0.4) is 0 Å². The number of hydrogen-bond acceptors (Lipinski definition) is 3. The van der Waals surface area contributed by atoms with E-state index in [1.807, 2.05) is 0 Å². The molecule has 0 N–H and O–H groups in total. The fourth-order valence-electron chi connectivity index (χ4n) is 0.278. The summed E-state index contributed by atoms with van der Waals surface area (Å²) in [5.41, 5.74) is 0. The number of esters is 1. The first-order valence-electron chi connectivity index (χ1n) is 2.66. The Kier molecular flexibility index (Phi) is 4.05. The normalized spacial score (nSPS) is 12.8. The van der Waals surface area contributed by atoms with Gasteiger partial charge in [0, 0.05) is 14.0 Å². The first kappa shape index (κ1) is 8.43. The van der Waals surface area contributed by atoms with Gasteiger partial charge in [0.2, 0.25) is 0 Å². The van der Waals surface area contributed by atoms with Crippen LogP contribution in [0.25, 0.3) is 0 Å². The van der Waals surface area contributed by atoms with Gasteiger partial charge in [0.1, 0.15) is 6.61 Å². The van der Waals surface area contributed by atoms with Gasteiger partial charge >= 0.3 is 5.97 Å². The number of methoxy groups -OCH3 is 1. The Balaban J connectivity index is 3.16. The van der Waals surface area contributed by atoms with Crippen LogP contribution in [0.4, 0.5) is 0 Å². The van der Waals surface area contributed by atoms with Crippen LogP contribution in [0.1, 0.15) is 6.92 Å². The smallest absolute Gasteiger partial charge is 0.302 e. The number of ether oxygens (including phenoxy) is 2. The van der Waals surface area contributed by atoms with E-state index in [1.165, 1.54) is 14.0 Å². The van der Waals surface area contributed by atoms with Gasteiger partial charge in [-0.3, -0.25) is 4.79 Å². The molecule has 1 radical (unpaired) electrons. The van der Waals surface area contributed by atoms with E-state index in [4.69, 9.17) is 4.74 Å². The average molecular weight is 131 g/mol. The van der Waals surface area contributed by atoms with E-state index in [0.717, 1.165) is 0 Å². The molecule has 53 valence electrons. The summed E-state index contributed by atoms with van der Waals surface area (Å²) in [7, 11) is 1.52. The van der Waals surface area contributed by atoms with Crippen LogP contribution in [0.2, 0.25) is 0 Å². The van der Waals surface area contributed by atoms with Crippen molar-refractivity contribution in [3.8, 4) is 0 Å². The first-order chi connectivity index (χ1) is 4.16. The van der Waals surface area contributed by atoms with Gasteiger partial charge in [-0.15, -0.1) is 0 Å². The molecular formula is C6H11O3. The summed E-state index contributed by atoms with van der Waals surface area (Å²) < 4.78 is 9.28. The van der Waals surface area contributed by atoms with Gasteiger partial charge in [-0.1, -0.05) is 0 Å². The van der Waals surface area contributed by atoms with Crippen molar-refractivity contribution in [3.05, 3.63) is 6.92 Å². The lowest BCUT2D eigenvalue weighted by atomic mass is 10.4. The molecule has 0 heterocycles. The SMILES string of the molecule is [CH2]C(COC(C)=O)OC. The Morgan fingerprint density at radius 2 is 2.33 bits per heavy atom. The second kappa shape index (κ2) is 4.32. The third kappa shape index (κ3) is 5.30. The van der Waals surface area contributed by atoms with Crippen molar-refractivity contribution in [3.63, 3.8) is 0 Å². The topological polar surface area (TPSA) is 35.5 Å². The zero-order valence-electron chi connectivity index (χ0n) is 5.72. The second-order valence-corrected chi connectivity index (χ2v) is 1.66. The minimum absolute atomic E-state index is 0.228. The predicted molar refractivity (Wildman–Crippen MR) is 32.8 cm³/mol. The molecule has 0 fully saturated rings. The minimum Gasteiger partial charge on any atom is -0.463 e. The summed E-state index contributed by atoms with van der Waals surface area (Å²) in [6.45, 7) is 5.11. The summed E-state index contributed by atoms with van der Waals surface area (Å²) in [5.74, 6) is -0.305. The van der Waals surface area contributed by atoms with Crippen molar-refractivity contribution >= 4 is 5.97 Å². The van der Waals surface area contributed by atoms with E-state index >= 15 is 0 Å². The lowest BCUT2D eigenvalue weighted by Crippen LogP contribution is -2.15. The van der Waals surface area contributed by atoms with Crippen molar-refractivity contribution in [1.29, 1.82) is 0 Å². The van der Waals surface area contributed by atoms with Crippen LogP contribution in [-0.2, 0) is 14.3 Å². The van der Waals surface area contributed by atoms with Gasteiger partial charge in [0.05, 0.1) is 6.10 Å². The van der Waals surface area contributed by atoms with Crippen molar-refractivity contribution in [2.75, 3.05) is 13.7 Å². The molecule has 0 bridgehead atoms. The van der Waals surface area contributed by atoms with Crippen molar-refractivity contribution in [2.24, 2.45) is 0 Å². The highest BCUT2D eigenvalue weighted by atomic mass is 16.6. The van der Waals surface area contributed by atoms with E-state index in [9.17, 15) is 4.79 Å². The Bertz CT molecular complexity index is 90.3. The molecule has 0 aliphatic rings. The van der Waals surface area contributed by atoms with E-state index in [0.29, 0.717) is 0 Å². The molecule has 0 rings (SSSR count). The third-order valence-corrected chi connectivity index (χ3v) is 0.806. The zero-order valence-corrected chi connectivity index (χ0v) is 5.72. The number of rotatable bonds is 3. The molecular weight excluding hydrogens is 120 g/mol. The molecule has 3 nitrogen and oxygen atoms in total. The van der Waals surface area contributed by atoms with Gasteiger partial charge in [-0.25, -0.2) is 0 Å². The number of carbonyl (C=O) groups is 1. The van der Waals surface area contributed by atoms with Crippen LogP contribution >= 0.6 is 0 Å². The molecule has 3 heteroatoms. The first-order valence-corrected chi connectivity index (χ1v) is 2.66. The Labute approximate surface area is 55.0 Å². The largest absolute Gasteiger partial charge is 0.463 e. The van der Waals surface area contributed by atoms with Gasteiger partial charge in [-0.05, 0) is 6.92 Å². The van der Waals surface area contributed by atoms with Gasteiger partial charge in [0.25, 0.3) is 0 Å². The molecule has 1 unspecified atom stereocenters. The highest BCUT2D eigenvalue weighted by Crippen LogP contribution is 1.87. The Morgan fingerprint density at radius 1 is 1.78 bits per heavy atom. The standard InChI is InChI=1S/C6H11O3/c1-5(8-3)4-9-6(2)7/h5H,1,4H2,2-3H3. The summed E-state index contributed by atoms with van der Waals surface area (Å²) in [6, 6.07) is 0. The molecule has 0 amide bonds. The maximum Gasteiger partial charge on any atom is 0.302 e. The molecule has 0 saturated carbocycles. The Hall–Kier alpha value is -0.570. The van der Waals surface area contributed by atoms with E-state index in [1.54, 1.807) is 0 Å². The molecule has 0 aromatic rings. The maximum absolute atomic E-state index is 10.2. The molecule has 1 atom stereocenters. The quantitative estimate of drug-likeness (QED) is 0.520. The lowest BCUT2D eigenvalue weighted by Gasteiger charge is -2.07. The number of carbonyl (C=O) groups excluding carboxylic acids is 1. The van der Waals surface area contributed by atoms with Crippen LogP contribution in [0.15, 0.2) is 0 Å². The van der Waals surface area contributed by atoms with E-state index in [2.05, 4.69) is 11.7 Å². The zero-order chi connectivity index (χ0) is 7.28. The third-order valence-electron chi connectivity index (χ3n) is 0.806. The van der Waals surface area contributed by atoms with E-state index < -0.39 is 0 Å². The van der Waals surface area contributed by atoms with Crippen LogP contribution < -0.4 is 0 Å². The van der Waals surface area contributed by atoms with E-state index in [-0.39, 0.29) is 18.7 Å². The van der Waals surface area contributed by atoms with Crippen LogP contribution in [0.5, 0.6) is 0 Å². The summed E-state index contributed by atoms with van der Waals surface area (Å²) in [4.78, 5) is 10.2. The van der Waals surface area contributed by atoms with Gasteiger partial charge < -0.3 is 9.47 Å². The fraction of sp³-hybridized carbons (Fsp3) is 0.667. The molecule has 0 aliphatic heterocycles. The molecule has 9 heavy (non-hydrogen) atoms. The molecule has 0 aliphatic carbocycles. The summed E-state index contributed by atoms with van der Waals surface area (Å²) in [5, 5.41) is 0. The maximum atomic E-state index is 10.2. The minimum atomic E-state index is -0.305. The average Bonchev–Trinajstić information content (AvgIpc) is 1.83. The predicted octanol–water partition coefficient (Wildman–Crippen LogP) is 0.399. The summed E-state index contributed by atoms with van der Waals surface area (Å²) in [6.07, 6.45) is -0.256.